The molecule has 2 aliphatic heterocycles. The summed E-state index contributed by atoms with van der Waals surface area (Å²) in [6.07, 6.45) is 4.67. The summed E-state index contributed by atoms with van der Waals surface area (Å²) in [5.41, 5.74) is 2.41. The van der Waals surface area contributed by atoms with Crippen LogP contribution in [0.5, 0.6) is 0 Å². The van der Waals surface area contributed by atoms with E-state index in [4.69, 9.17) is 0 Å². The van der Waals surface area contributed by atoms with Crippen molar-refractivity contribution in [1.82, 2.24) is 9.80 Å². The molecule has 8 unspecified atom stereocenters. The molecule has 4 fully saturated rings. The third-order valence-electron chi connectivity index (χ3n) is 10.3. The standard InChI is InChI=1S/C26H32N2O4/c1-11-12(2)24(30)27(23(11)29)9-17-5-15-7-19(17)21-16-6-18(20(8-16)22(15)21)10-28-25(31)13(3)14(4)26(28)32/h15-22H,5-10H2,1-4H3. The number of fused-ring (bicyclic) bond motifs is 9. The molecule has 4 aliphatic carbocycles. The summed E-state index contributed by atoms with van der Waals surface area (Å²) in [5.74, 6) is 4.45. The SMILES string of the molecule is CC1=C(C)C(=O)N(CC2CC3CC2C2C4CC(CN5C(=O)C(C)=C(C)C5=O)C(C4)C32)C1=O. The van der Waals surface area contributed by atoms with E-state index in [0.29, 0.717) is 82.7 Å². The first kappa shape index (κ1) is 20.4. The second-order valence-corrected chi connectivity index (χ2v) is 11.4. The fraction of sp³-hybridized carbons (Fsp3) is 0.692. The van der Waals surface area contributed by atoms with Crippen molar-refractivity contribution in [3.8, 4) is 0 Å². The smallest absolute Gasteiger partial charge is 0.256 e. The molecule has 0 spiro atoms. The molecule has 6 aliphatic rings. The minimum Gasteiger partial charge on any atom is -0.275 e. The lowest BCUT2D eigenvalue weighted by Gasteiger charge is -2.42. The summed E-state index contributed by atoms with van der Waals surface area (Å²) in [6, 6.07) is 0. The second-order valence-electron chi connectivity index (χ2n) is 11.4. The number of amides is 4. The molecule has 0 aromatic rings. The van der Waals surface area contributed by atoms with Crippen LogP contribution in [0.25, 0.3) is 0 Å². The molecule has 170 valence electrons. The van der Waals surface area contributed by atoms with Crippen molar-refractivity contribution in [3.05, 3.63) is 22.3 Å². The van der Waals surface area contributed by atoms with Crippen LogP contribution in [0.1, 0.15) is 53.4 Å². The molecule has 4 amide bonds. The minimum atomic E-state index is -0.0982. The van der Waals surface area contributed by atoms with Gasteiger partial charge in [-0.15, -0.1) is 0 Å². The Bertz CT molecular complexity index is 908. The molecule has 32 heavy (non-hydrogen) atoms. The first-order valence-corrected chi connectivity index (χ1v) is 12.3. The predicted octanol–water partition coefficient (Wildman–Crippen LogP) is 2.94. The van der Waals surface area contributed by atoms with Crippen molar-refractivity contribution in [3.63, 3.8) is 0 Å². The summed E-state index contributed by atoms with van der Waals surface area (Å²) >= 11 is 0. The summed E-state index contributed by atoms with van der Waals surface area (Å²) in [7, 11) is 0. The molecule has 0 saturated heterocycles. The first-order valence-electron chi connectivity index (χ1n) is 12.3. The lowest BCUT2D eigenvalue weighted by molar-refractivity contribution is -0.141. The van der Waals surface area contributed by atoms with Crippen molar-refractivity contribution in [2.45, 2.75) is 53.4 Å². The van der Waals surface area contributed by atoms with Crippen molar-refractivity contribution >= 4 is 23.6 Å². The van der Waals surface area contributed by atoms with Gasteiger partial charge in [0.2, 0.25) is 0 Å². The van der Waals surface area contributed by atoms with E-state index in [9.17, 15) is 19.2 Å². The van der Waals surface area contributed by atoms with E-state index in [0.717, 1.165) is 12.8 Å². The summed E-state index contributed by atoms with van der Waals surface area (Å²) < 4.78 is 0. The van der Waals surface area contributed by atoms with Gasteiger partial charge in [-0.25, -0.2) is 0 Å². The van der Waals surface area contributed by atoms with Crippen molar-refractivity contribution in [2.75, 3.05) is 13.1 Å². The zero-order valence-corrected chi connectivity index (χ0v) is 19.4. The Morgan fingerprint density at radius 1 is 0.562 bits per heavy atom. The van der Waals surface area contributed by atoms with Crippen molar-refractivity contribution < 1.29 is 19.2 Å². The fourth-order valence-electron chi connectivity index (χ4n) is 8.73. The number of rotatable bonds is 4. The van der Waals surface area contributed by atoms with Gasteiger partial charge in [0.1, 0.15) is 0 Å². The largest absolute Gasteiger partial charge is 0.275 e. The molecule has 4 bridgehead atoms. The molecule has 6 rings (SSSR count). The van der Waals surface area contributed by atoms with Crippen LogP contribution in [0.15, 0.2) is 22.3 Å². The van der Waals surface area contributed by atoms with E-state index in [1.807, 2.05) is 0 Å². The number of carbonyl (C=O) groups excluding carboxylic acids is 4. The number of nitrogens with zero attached hydrogens (tertiary/aromatic N) is 2. The van der Waals surface area contributed by atoms with Gasteiger partial charge in [0.25, 0.3) is 23.6 Å². The van der Waals surface area contributed by atoms with Gasteiger partial charge in [-0.1, -0.05) is 0 Å². The number of hydrogen-bond donors (Lipinski definition) is 0. The Balaban J connectivity index is 1.14. The van der Waals surface area contributed by atoms with E-state index < -0.39 is 0 Å². The topological polar surface area (TPSA) is 74.8 Å². The van der Waals surface area contributed by atoms with Gasteiger partial charge in [0.15, 0.2) is 0 Å². The van der Waals surface area contributed by atoms with E-state index in [2.05, 4.69) is 0 Å². The zero-order chi connectivity index (χ0) is 22.6. The molecule has 6 heteroatoms. The minimum absolute atomic E-state index is 0.0982. The predicted molar refractivity (Wildman–Crippen MR) is 117 cm³/mol. The van der Waals surface area contributed by atoms with Crippen molar-refractivity contribution in [1.29, 1.82) is 0 Å². The van der Waals surface area contributed by atoms with Gasteiger partial charge in [-0.3, -0.25) is 29.0 Å². The van der Waals surface area contributed by atoms with Crippen LogP contribution in [-0.2, 0) is 19.2 Å². The third kappa shape index (κ3) is 2.47. The first-order chi connectivity index (χ1) is 15.2. The van der Waals surface area contributed by atoms with E-state index in [1.54, 1.807) is 27.7 Å². The normalized spacial score (nSPS) is 42.6. The Kier molecular flexibility index (Phi) is 4.23. The van der Waals surface area contributed by atoms with Gasteiger partial charge in [-0.05, 0) is 101 Å². The quantitative estimate of drug-likeness (QED) is 0.502. The lowest BCUT2D eigenvalue weighted by atomic mass is 9.64. The molecule has 0 radical (unpaired) electrons. The molecular formula is C26H32N2O4. The highest BCUT2D eigenvalue weighted by molar-refractivity contribution is 6.19. The van der Waals surface area contributed by atoms with E-state index in [1.165, 1.54) is 22.6 Å². The van der Waals surface area contributed by atoms with Crippen molar-refractivity contribution in [2.24, 2.45) is 47.3 Å². The summed E-state index contributed by atoms with van der Waals surface area (Å²) in [6.45, 7) is 8.21. The van der Waals surface area contributed by atoms with Gasteiger partial charge in [0.05, 0.1) is 0 Å². The Hall–Kier alpha value is -2.24. The van der Waals surface area contributed by atoms with Gasteiger partial charge < -0.3 is 0 Å². The highest BCUT2D eigenvalue weighted by Crippen LogP contribution is 2.70. The molecular weight excluding hydrogens is 404 g/mol. The number of hydrogen-bond acceptors (Lipinski definition) is 4. The summed E-state index contributed by atoms with van der Waals surface area (Å²) in [4.78, 5) is 53.3. The van der Waals surface area contributed by atoms with Crippen LogP contribution in [0.4, 0.5) is 0 Å². The van der Waals surface area contributed by atoms with Gasteiger partial charge >= 0.3 is 0 Å². The van der Waals surface area contributed by atoms with Crippen LogP contribution < -0.4 is 0 Å². The van der Waals surface area contributed by atoms with E-state index >= 15 is 0 Å². The molecule has 8 atom stereocenters. The molecule has 6 nitrogen and oxygen atoms in total. The number of imide groups is 2. The molecule has 0 N–H and O–H groups in total. The lowest BCUT2D eigenvalue weighted by Crippen LogP contribution is -2.44. The molecule has 2 heterocycles. The molecule has 0 aromatic heterocycles. The fourth-order valence-corrected chi connectivity index (χ4v) is 8.73. The molecule has 0 aromatic carbocycles. The third-order valence-corrected chi connectivity index (χ3v) is 10.3. The van der Waals surface area contributed by atoms with Crippen LogP contribution in [0.2, 0.25) is 0 Å². The Morgan fingerprint density at radius 3 is 1.19 bits per heavy atom. The maximum absolute atomic E-state index is 12.6. The maximum atomic E-state index is 12.6. The van der Waals surface area contributed by atoms with Gasteiger partial charge in [0, 0.05) is 35.4 Å². The maximum Gasteiger partial charge on any atom is 0.256 e. The Labute approximate surface area is 189 Å². The zero-order valence-electron chi connectivity index (χ0n) is 19.4. The van der Waals surface area contributed by atoms with Crippen LogP contribution in [-0.4, -0.2) is 46.5 Å². The monoisotopic (exact) mass is 436 g/mol. The molecule has 4 saturated carbocycles. The average molecular weight is 437 g/mol. The summed E-state index contributed by atoms with van der Waals surface area (Å²) in [5, 5.41) is 0. The van der Waals surface area contributed by atoms with E-state index in [-0.39, 0.29) is 23.6 Å². The second kappa shape index (κ2) is 6.64. The van der Waals surface area contributed by atoms with Gasteiger partial charge in [-0.2, -0.15) is 0 Å². The average Bonchev–Trinajstić information content (AvgIpc) is 3.59. The highest BCUT2D eigenvalue weighted by Gasteiger charge is 2.65. The highest BCUT2D eigenvalue weighted by atomic mass is 16.2. The van der Waals surface area contributed by atoms with Crippen LogP contribution in [0.3, 0.4) is 0 Å². The van der Waals surface area contributed by atoms with Crippen LogP contribution in [0, 0.1) is 47.3 Å². The van der Waals surface area contributed by atoms with Crippen LogP contribution >= 0.6 is 0 Å². The Morgan fingerprint density at radius 2 is 0.875 bits per heavy atom. The number of carbonyl (C=O) groups is 4.